The molecule has 1 atom stereocenters. The van der Waals surface area contributed by atoms with E-state index in [4.69, 9.17) is 18.9 Å². The number of hydrogen-bond donors (Lipinski definition) is 1. The molecule has 0 spiro atoms. The van der Waals surface area contributed by atoms with Gasteiger partial charge in [0.2, 0.25) is 0 Å². The molecule has 1 unspecified atom stereocenters. The Hall–Kier alpha value is -1.30. The molecule has 0 saturated carbocycles. The van der Waals surface area contributed by atoms with Gasteiger partial charge in [-0.05, 0) is 24.2 Å². The maximum Gasteiger partial charge on any atom is 0.176 e. The summed E-state index contributed by atoms with van der Waals surface area (Å²) in [5.74, 6) is 1.39. The van der Waals surface area contributed by atoms with E-state index in [1.54, 1.807) is 28.4 Å². The molecule has 0 aromatic heterocycles. The average Bonchev–Trinajstić information content (AvgIpc) is 2.46. The highest BCUT2D eigenvalue weighted by atomic mass is 16.7. The maximum atomic E-state index is 5.34. The summed E-state index contributed by atoms with van der Waals surface area (Å²) in [5, 5.41) is 3.34. The fourth-order valence-electron chi connectivity index (χ4n) is 2.01. The number of nitrogens with one attached hydrogen (secondary N) is 1. The van der Waals surface area contributed by atoms with Crippen LogP contribution in [-0.4, -0.2) is 41.3 Å². The van der Waals surface area contributed by atoms with Crippen molar-refractivity contribution in [3.05, 3.63) is 23.8 Å². The monoisotopic (exact) mass is 269 g/mol. The molecule has 108 valence electrons. The van der Waals surface area contributed by atoms with Gasteiger partial charge in [0.05, 0.1) is 20.3 Å². The van der Waals surface area contributed by atoms with E-state index in [2.05, 4.69) is 5.32 Å². The fraction of sp³-hybridized carbons (Fsp3) is 0.571. The van der Waals surface area contributed by atoms with Crippen LogP contribution < -0.4 is 14.8 Å². The van der Waals surface area contributed by atoms with Crippen molar-refractivity contribution < 1.29 is 18.9 Å². The van der Waals surface area contributed by atoms with Gasteiger partial charge >= 0.3 is 0 Å². The number of rotatable bonds is 8. The van der Waals surface area contributed by atoms with Crippen molar-refractivity contribution in [1.29, 1.82) is 0 Å². The van der Waals surface area contributed by atoms with E-state index in [0.717, 1.165) is 12.1 Å². The molecule has 0 aliphatic carbocycles. The topological polar surface area (TPSA) is 49.0 Å². The number of benzene rings is 1. The molecule has 0 aliphatic heterocycles. The van der Waals surface area contributed by atoms with Gasteiger partial charge in [-0.1, -0.05) is 13.0 Å². The Kier molecular flexibility index (Phi) is 6.62. The van der Waals surface area contributed by atoms with Crippen molar-refractivity contribution >= 4 is 0 Å². The van der Waals surface area contributed by atoms with E-state index < -0.39 is 0 Å². The number of methoxy groups -OCH3 is 4. The summed E-state index contributed by atoms with van der Waals surface area (Å²) in [6.07, 6.45) is -0.363. The molecular weight excluding hydrogens is 246 g/mol. The molecule has 0 amide bonds. The van der Waals surface area contributed by atoms with Crippen LogP contribution in [0.25, 0.3) is 0 Å². The summed E-state index contributed by atoms with van der Waals surface area (Å²) in [7, 11) is 6.49. The predicted octanol–water partition coefficient (Wildman–Crippen LogP) is 1.97. The van der Waals surface area contributed by atoms with Crippen LogP contribution in [0.5, 0.6) is 11.5 Å². The molecule has 1 aromatic carbocycles. The average molecular weight is 269 g/mol. The van der Waals surface area contributed by atoms with Gasteiger partial charge in [-0.15, -0.1) is 0 Å². The highest BCUT2D eigenvalue weighted by molar-refractivity contribution is 5.44. The minimum atomic E-state index is -0.363. The highest BCUT2D eigenvalue weighted by Crippen LogP contribution is 2.31. The first-order valence-corrected chi connectivity index (χ1v) is 6.22. The van der Waals surface area contributed by atoms with Gasteiger partial charge in [0, 0.05) is 14.2 Å². The summed E-state index contributed by atoms with van der Waals surface area (Å²) >= 11 is 0. The Bertz CT molecular complexity index is 380. The second-order valence-corrected chi connectivity index (χ2v) is 3.99. The van der Waals surface area contributed by atoms with Crippen LogP contribution in [0.2, 0.25) is 0 Å². The fourth-order valence-corrected chi connectivity index (χ4v) is 2.01. The molecule has 0 fully saturated rings. The van der Waals surface area contributed by atoms with Crippen molar-refractivity contribution in [2.75, 3.05) is 35.0 Å². The molecule has 1 N–H and O–H groups in total. The van der Waals surface area contributed by atoms with Gasteiger partial charge in [-0.25, -0.2) is 0 Å². The van der Waals surface area contributed by atoms with Crippen molar-refractivity contribution in [2.45, 2.75) is 19.3 Å². The molecule has 5 nitrogen and oxygen atoms in total. The largest absolute Gasteiger partial charge is 0.493 e. The van der Waals surface area contributed by atoms with E-state index in [1.165, 1.54) is 0 Å². The maximum absolute atomic E-state index is 5.34. The molecule has 19 heavy (non-hydrogen) atoms. The SMILES string of the molecule is CCNC(c1ccc(OC)c(OC)c1)C(OC)OC. The van der Waals surface area contributed by atoms with Crippen molar-refractivity contribution in [1.82, 2.24) is 5.32 Å². The summed E-state index contributed by atoms with van der Waals surface area (Å²) in [5.41, 5.74) is 1.02. The Morgan fingerprint density at radius 3 is 2.11 bits per heavy atom. The second-order valence-electron chi connectivity index (χ2n) is 3.99. The van der Waals surface area contributed by atoms with E-state index >= 15 is 0 Å². The Morgan fingerprint density at radius 2 is 1.63 bits per heavy atom. The van der Waals surface area contributed by atoms with Gasteiger partial charge in [0.15, 0.2) is 17.8 Å². The van der Waals surface area contributed by atoms with Gasteiger partial charge in [0.25, 0.3) is 0 Å². The molecule has 0 radical (unpaired) electrons. The third-order valence-electron chi connectivity index (χ3n) is 2.93. The third-order valence-corrected chi connectivity index (χ3v) is 2.93. The van der Waals surface area contributed by atoms with Crippen LogP contribution in [0.15, 0.2) is 18.2 Å². The van der Waals surface area contributed by atoms with Crippen LogP contribution in [0.3, 0.4) is 0 Å². The number of ether oxygens (including phenoxy) is 4. The standard InChI is InChI=1S/C14H23NO4/c1-6-15-13(14(18-4)19-5)10-7-8-11(16-2)12(9-10)17-3/h7-9,13-15H,6H2,1-5H3. The van der Waals surface area contributed by atoms with Crippen molar-refractivity contribution in [3.63, 3.8) is 0 Å². The van der Waals surface area contributed by atoms with Gasteiger partial charge in [-0.3, -0.25) is 0 Å². The Balaban J connectivity index is 3.08. The van der Waals surface area contributed by atoms with Crippen LogP contribution in [0.4, 0.5) is 0 Å². The smallest absolute Gasteiger partial charge is 0.176 e. The minimum absolute atomic E-state index is 0.0696. The van der Waals surface area contributed by atoms with E-state index in [1.807, 2.05) is 25.1 Å². The summed E-state index contributed by atoms with van der Waals surface area (Å²) in [6, 6.07) is 5.71. The molecule has 1 rings (SSSR count). The van der Waals surface area contributed by atoms with E-state index in [-0.39, 0.29) is 12.3 Å². The van der Waals surface area contributed by atoms with Crippen LogP contribution in [0.1, 0.15) is 18.5 Å². The van der Waals surface area contributed by atoms with E-state index in [0.29, 0.717) is 11.5 Å². The summed E-state index contributed by atoms with van der Waals surface area (Å²) < 4.78 is 21.2. The third kappa shape index (κ3) is 3.83. The quantitative estimate of drug-likeness (QED) is 0.731. The molecule has 1 aromatic rings. The van der Waals surface area contributed by atoms with Crippen LogP contribution in [-0.2, 0) is 9.47 Å². The Labute approximate surface area is 114 Å². The molecular formula is C14H23NO4. The highest BCUT2D eigenvalue weighted by Gasteiger charge is 2.23. The number of hydrogen-bond acceptors (Lipinski definition) is 5. The molecule has 0 aliphatic rings. The van der Waals surface area contributed by atoms with E-state index in [9.17, 15) is 0 Å². The lowest BCUT2D eigenvalue weighted by Crippen LogP contribution is -2.34. The lowest BCUT2D eigenvalue weighted by Gasteiger charge is -2.26. The first-order chi connectivity index (χ1) is 9.21. The van der Waals surface area contributed by atoms with Crippen LogP contribution in [0, 0.1) is 0 Å². The molecule has 5 heteroatoms. The molecule has 0 bridgehead atoms. The molecule has 0 saturated heterocycles. The Morgan fingerprint density at radius 1 is 1.00 bits per heavy atom. The van der Waals surface area contributed by atoms with Gasteiger partial charge < -0.3 is 24.3 Å². The van der Waals surface area contributed by atoms with Gasteiger partial charge in [-0.2, -0.15) is 0 Å². The van der Waals surface area contributed by atoms with Crippen molar-refractivity contribution in [2.24, 2.45) is 0 Å². The lowest BCUT2D eigenvalue weighted by atomic mass is 10.1. The first-order valence-electron chi connectivity index (χ1n) is 6.22. The zero-order valence-corrected chi connectivity index (χ0v) is 12.2. The first kappa shape index (κ1) is 15.8. The normalized spacial score (nSPS) is 12.5. The summed E-state index contributed by atoms with van der Waals surface area (Å²) in [6.45, 7) is 2.85. The zero-order chi connectivity index (χ0) is 14.3. The number of likely N-dealkylation sites (N-methyl/N-ethyl adjacent to an activating group) is 1. The van der Waals surface area contributed by atoms with Gasteiger partial charge in [0.1, 0.15) is 0 Å². The second kappa shape index (κ2) is 7.99. The minimum Gasteiger partial charge on any atom is -0.493 e. The van der Waals surface area contributed by atoms with Crippen molar-refractivity contribution in [3.8, 4) is 11.5 Å². The predicted molar refractivity (Wildman–Crippen MR) is 73.8 cm³/mol. The molecule has 0 heterocycles. The van der Waals surface area contributed by atoms with Crippen LogP contribution >= 0.6 is 0 Å². The zero-order valence-electron chi connectivity index (χ0n) is 12.2. The lowest BCUT2D eigenvalue weighted by molar-refractivity contribution is -0.123. The summed E-state index contributed by atoms with van der Waals surface area (Å²) in [4.78, 5) is 0.